The predicted octanol–water partition coefficient (Wildman–Crippen LogP) is 3.99. The summed E-state index contributed by atoms with van der Waals surface area (Å²) >= 11 is 0. The van der Waals surface area contributed by atoms with E-state index < -0.39 is 85.7 Å². The minimum atomic E-state index is -3.94. The smallest absolute Gasteiger partial charge is 0.408 e. The Bertz CT molecular complexity index is 2100. The zero-order chi connectivity index (χ0) is 40.9. The highest BCUT2D eigenvalue weighted by Gasteiger charge is 2.63. The molecule has 5 amide bonds. The molecule has 6 atom stereocenters. The van der Waals surface area contributed by atoms with Crippen molar-refractivity contribution in [3.8, 4) is 16.9 Å². The van der Waals surface area contributed by atoms with Crippen LogP contribution in [0.4, 0.5) is 9.18 Å². The lowest BCUT2D eigenvalue weighted by atomic mass is 9.93. The highest BCUT2D eigenvalue weighted by atomic mass is 32.2. The van der Waals surface area contributed by atoms with Gasteiger partial charge in [-0.3, -0.25) is 23.9 Å². The molecule has 2 aromatic rings. The van der Waals surface area contributed by atoms with E-state index in [-0.39, 0.29) is 37.9 Å². The molecule has 5 aliphatic rings. The second-order valence-electron chi connectivity index (χ2n) is 17.0. The summed E-state index contributed by atoms with van der Waals surface area (Å²) < 4.78 is 47.7. The molecular weight excluding hydrogens is 758 g/mol. The summed E-state index contributed by atoms with van der Waals surface area (Å²) in [5, 5.41) is 14.6. The van der Waals surface area contributed by atoms with Crippen LogP contribution >= 0.6 is 0 Å². The van der Waals surface area contributed by atoms with Crippen LogP contribution in [0.1, 0.15) is 82.5 Å². The highest BCUT2D eigenvalue weighted by Crippen LogP contribution is 2.47. The van der Waals surface area contributed by atoms with Gasteiger partial charge < -0.3 is 30.3 Å². The van der Waals surface area contributed by atoms with E-state index in [4.69, 9.17) is 4.74 Å². The highest BCUT2D eigenvalue weighted by molar-refractivity contribution is 7.91. The first-order valence-electron chi connectivity index (χ1n) is 19.7. The van der Waals surface area contributed by atoms with Gasteiger partial charge in [0.05, 0.1) is 5.25 Å². The number of allylic oxidation sites excluding steroid dienone is 1. The summed E-state index contributed by atoms with van der Waals surface area (Å²) in [5.74, 6) is -4.97. The minimum Gasteiger partial charge on any atom is -0.505 e. The van der Waals surface area contributed by atoms with Crippen LogP contribution in [-0.4, -0.2) is 101 Å². The van der Waals surface area contributed by atoms with Gasteiger partial charge in [-0.25, -0.2) is 17.6 Å². The van der Waals surface area contributed by atoms with Crippen LogP contribution in [0.25, 0.3) is 11.1 Å². The molecular formula is C41H50FN5O9S. The van der Waals surface area contributed by atoms with Crippen molar-refractivity contribution in [2.45, 2.75) is 101 Å². The van der Waals surface area contributed by atoms with Crippen LogP contribution < -0.4 is 15.4 Å². The van der Waals surface area contributed by atoms with E-state index >= 15 is 0 Å². The number of rotatable bonds is 6. The number of hydrogen-bond donors (Lipinski definition) is 4. The van der Waals surface area contributed by atoms with Crippen molar-refractivity contribution in [1.29, 1.82) is 0 Å². The predicted molar refractivity (Wildman–Crippen MR) is 206 cm³/mol. The Balaban J connectivity index is 1.18. The maximum absolute atomic E-state index is 14.7. The van der Waals surface area contributed by atoms with Gasteiger partial charge in [-0.1, -0.05) is 43.2 Å². The van der Waals surface area contributed by atoms with Crippen LogP contribution in [0.15, 0.2) is 54.6 Å². The zero-order valence-corrected chi connectivity index (χ0v) is 33.1. The number of carbonyl (C=O) groups excluding carboxylic acids is 5. The van der Waals surface area contributed by atoms with Gasteiger partial charge in [0, 0.05) is 43.0 Å². The van der Waals surface area contributed by atoms with Crippen molar-refractivity contribution in [3.05, 3.63) is 66.0 Å². The lowest BCUT2D eigenvalue weighted by Gasteiger charge is -2.33. The van der Waals surface area contributed by atoms with Crippen molar-refractivity contribution in [1.82, 2.24) is 25.2 Å². The number of carbonyl (C=O) groups is 5. The van der Waals surface area contributed by atoms with Gasteiger partial charge in [-0.2, -0.15) is 0 Å². The molecule has 3 heterocycles. The number of hydrogen-bond acceptors (Lipinski definition) is 9. The molecule has 3 aliphatic heterocycles. The molecule has 0 bridgehead atoms. The van der Waals surface area contributed by atoms with Gasteiger partial charge in [-0.05, 0) is 94.7 Å². The number of halogens is 1. The van der Waals surface area contributed by atoms with E-state index in [1.807, 2.05) is 12.2 Å². The van der Waals surface area contributed by atoms with Crippen LogP contribution in [0.2, 0.25) is 0 Å². The van der Waals surface area contributed by atoms with Gasteiger partial charge in [0.2, 0.25) is 21.8 Å². The second-order valence-corrected chi connectivity index (χ2v) is 19.0. The van der Waals surface area contributed by atoms with Gasteiger partial charge in [0.15, 0.2) is 11.6 Å². The number of phenolic OH excluding ortho intramolecular Hbond substituents is 1. The number of nitrogens with one attached hydrogen (secondary N) is 3. The minimum absolute atomic E-state index is 0.0866. The van der Waals surface area contributed by atoms with Crippen molar-refractivity contribution >= 4 is 39.7 Å². The van der Waals surface area contributed by atoms with Crippen LogP contribution in [0.3, 0.4) is 0 Å². The number of likely N-dealkylation sites (tertiary alicyclic amines) is 1. The third-order valence-corrected chi connectivity index (χ3v) is 13.4. The fourth-order valence-corrected chi connectivity index (χ4v) is 9.75. The number of nitrogens with zero attached hydrogens (tertiary/aromatic N) is 2. The Morgan fingerprint density at radius 1 is 0.982 bits per heavy atom. The maximum Gasteiger partial charge on any atom is 0.408 e. The van der Waals surface area contributed by atoms with Crippen molar-refractivity contribution in [2.75, 3.05) is 19.6 Å². The van der Waals surface area contributed by atoms with Crippen molar-refractivity contribution in [2.24, 2.45) is 17.8 Å². The number of fused-ring (bicyclic) bond motifs is 4. The molecule has 2 saturated heterocycles. The number of amides is 5. The summed E-state index contributed by atoms with van der Waals surface area (Å²) in [6.07, 6.45) is 7.13. The van der Waals surface area contributed by atoms with E-state index in [1.165, 1.54) is 17.0 Å². The first-order chi connectivity index (χ1) is 27.0. The molecule has 0 aromatic heterocycles. The molecule has 16 heteroatoms. The van der Waals surface area contributed by atoms with E-state index in [1.54, 1.807) is 56.0 Å². The third kappa shape index (κ3) is 8.65. The first-order valence-corrected chi connectivity index (χ1v) is 21.2. The fourth-order valence-electron chi connectivity index (χ4n) is 8.39. The normalized spacial score (nSPS) is 28.5. The van der Waals surface area contributed by atoms with Gasteiger partial charge in [0.1, 0.15) is 23.2 Å². The summed E-state index contributed by atoms with van der Waals surface area (Å²) in [6, 6.07) is 8.43. The van der Waals surface area contributed by atoms with E-state index in [2.05, 4.69) is 15.4 Å². The largest absolute Gasteiger partial charge is 0.505 e. The first kappa shape index (κ1) is 40.2. The van der Waals surface area contributed by atoms with Gasteiger partial charge in [-0.15, -0.1) is 0 Å². The van der Waals surface area contributed by atoms with E-state index in [0.717, 1.165) is 12.8 Å². The molecule has 57 heavy (non-hydrogen) atoms. The molecule has 14 nitrogen and oxygen atoms in total. The quantitative estimate of drug-likeness (QED) is 0.313. The Hall–Kier alpha value is -4.99. The Labute approximate surface area is 331 Å². The molecule has 306 valence electrons. The summed E-state index contributed by atoms with van der Waals surface area (Å²) in [4.78, 5) is 73.1. The molecule has 4 N–H and O–H groups in total. The number of benzene rings is 2. The van der Waals surface area contributed by atoms with Gasteiger partial charge >= 0.3 is 6.09 Å². The summed E-state index contributed by atoms with van der Waals surface area (Å²) in [6.45, 7) is 5.52. The molecule has 2 saturated carbocycles. The molecule has 4 fully saturated rings. The number of phenols is 1. The number of sulfonamides is 1. The lowest BCUT2D eigenvalue weighted by molar-refractivity contribution is -0.142. The van der Waals surface area contributed by atoms with Gasteiger partial charge in [0.25, 0.3) is 11.8 Å². The summed E-state index contributed by atoms with van der Waals surface area (Å²) in [7, 11) is -3.94. The van der Waals surface area contributed by atoms with E-state index in [0.29, 0.717) is 48.8 Å². The number of ether oxygens (including phenoxy) is 1. The molecule has 2 aromatic carbocycles. The lowest BCUT2D eigenvalue weighted by Crippen LogP contribution is -2.60. The number of aromatic hydroxyl groups is 1. The van der Waals surface area contributed by atoms with Crippen molar-refractivity contribution in [3.63, 3.8) is 0 Å². The Kier molecular flexibility index (Phi) is 10.9. The van der Waals surface area contributed by atoms with E-state index in [9.17, 15) is 41.9 Å². The fraction of sp³-hybridized carbons (Fsp3) is 0.537. The molecule has 0 radical (unpaired) electrons. The number of alkyl carbamates (subject to hydrolysis) is 1. The molecule has 0 spiro atoms. The molecule has 0 unspecified atom stereocenters. The second kappa shape index (κ2) is 15.4. The third-order valence-electron chi connectivity index (χ3n) is 11.6. The van der Waals surface area contributed by atoms with Crippen LogP contribution in [-0.2, 0) is 29.1 Å². The SMILES string of the molecule is CC(C)(C)OC(=O)N[C@H]1CCCCC/C=C\[C@@H]2C[C@]2(C(=O)NS(=O)(=O)C2CC2)NC(=O)[C@@H]2[C@H]3CN(C(=O)c4cccc(-c5ccc(O)c(F)c5)c4)C[C@H]3CN2C1=O. The van der Waals surface area contributed by atoms with Crippen molar-refractivity contribution < 1.29 is 46.6 Å². The van der Waals surface area contributed by atoms with Crippen LogP contribution in [0.5, 0.6) is 5.75 Å². The standard InChI is InChI=1S/C41H50FN5O9S/c1-40(2,3)56-39(53)43-32-13-8-6-4-5-7-12-28-20-41(28,38(52)45-57(54,55)29-15-16-29)44-35(49)34-30-23-46(21-27(30)22-47(34)37(32)51)36(50)26-11-9-10-24(18-26)25-14-17-33(48)31(42)19-25/h7,9-12,14,17-19,27-30,32,34,48H,4-6,8,13,15-16,20-23H2,1-3H3,(H,43,53)(H,44,49)(H,45,52)/b12-7-/t27-,28+,30-,32-,34-,41-/m0/s1. The Morgan fingerprint density at radius 2 is 1.74 bits per heavy atom. The molecule has 2 aliphatic carbocycles. The summed E-state index contributed by atoms with van der Waals surface area (Å²) in [5.41, 5.74) is -1.04. The monoisotopic (exact) mass is 807 g/mol. The Morgan fingerprint density at radius 3 is 2.46 bits per heavy atom. The average Bonchev–Trinajstić information content (AvgIpc) is 4.04. The zero-order valence-electron chi connectivity index (χ0n) is 32.3. The topological polar surface area (TPSA) is 192 Å². The average molecular weight is 808 g/mol. The maximum atomic E-state index is 14.7. The van der Waals surface area contributed by atoms with Crippen LogP contribution in [0, 0.1) is 23.6 Å². The molecule has 7 rings (SSSR count).